The molecule has 25 heavy (non-hydrogen) atoms. The van der Waals surface area contributed by atoms with E-state index in [-0.39, 0.29) is 6.42 Å². The fraction of sp³-hybridized carbons (Fsp3) is 0.867. The molecule has 10 atom stereocenters. The van der Waals surface area contributed by atoms with Crippen molar-refractivity contribution in [3.05, 3.63) is 12.3 Å². The lowest BCUT2D eigenvalue weighted by molar-refractivity contribution is -0.351. The first-order valence-corrected chi connectivity index (χ1v) is 8.04. The van der Waals surface area contributed by atoms with Gasteiger partial charge in [-0.05, 0) is 13.0 Å². The van der Waals surface area contributed by atoms with Crippen LogP contribution in [-0.4, -0.2) is 96.7 Å². The van der Waals surface area contributed by atoms with Crippen LogP contribution in [0.15, 0.2) is 12.3 Å². The summed E-state index contributed by atoms with van der Waals surface area (Å²) < 4.78 is 16.0. The van der Waals surface area contributed by atoms with Crippen molar-refractivity contribution >= 4 is 0 Å². The Bertz CT molecular complexity index is 522. The first-order valence-electron chi connectivity index (χ1n) is 8.04. The monoisotopic (exact) mass is 364 g/mol. The van der Waals surface area contributed by atoms with Gasteiger partial charge in [0.2, 0.25) is 6.29 Å². The second-order valence-corrected chi connectivity index (χ2v) is 7.08. The fourth-order valence-corrected chi connectivity index (χ4v) is 3.84. The van der Waals surface area contributed by atoms with E-state index in [1.54, 1.807) is 0 Å². The number of aliphatic hydroxyl groups is 7. The normalized spacial score (nSPS) is 55.7. The van der Waals surface area contributed by atoms with Gasteiger partial charge < -0.3 is 50.0 Å². The molecular weight excluding hydrogens is 340 g/mol. The van der Waals surface area contributed by atoms with E-state index >= 15 is 0 Å². The number of aliphatic hydroxyl groups excluding tert-OH is 5. The molecule has 10 heteroatoms. The molecule has 0 aromatic rings. The van der Waals surface area contributed by atoms with E-state index in [9.17, 15) is 35.7 Å². The molecule has 144 valence electrons. The fourth-order valence-electron chi connectivity index (χ4n) is 3.84. The minimum Gasteiger partial charge on any atom is -0.472 e. The van der Waals surface area contributed by atoms with Gasteiger partial charge in [0.25, 0.3) is 0 Å². The van der Waals surface area contributed by atoms with E-state index in [2.05, 4.69) is 0 Å². The van der Waals surface area contributed by atoms with Gasteiger partial charge in [-0.2, -0.15) is 0 Å². The molecule has 0 bridgehead atoms. The second-order valence-electron chi connectivity index (χ2n) is 7.08. The van der Waals surface area contributed by atoms with Gasteiger partial charge in [0.05, 0.1) is 30.5 Å². The van der Waals surface area contributed by atoms with Crippen molar-refractivity contribution in [2.75, 3.05) is 6.61 Å². The lowest BCUT2D eigenvalue weighted by Gasteiger charge is -2.45. The molecule has 1 saturated heterocycles. The Morgan fingerprint density at radius 2 is 1.76 bits per heavy atom. The first-order chi connectivity index (χ1) is 11.6. The van der Waals surface area contributed by atoms with Crippen molar-refractivity contribution in [3.8, 4) is 0 Å². The Balaban J connectivity index is 1.81. The van der Waals surface area contributed by atoms with Gasteiger partial charge in [0.1, 0.15) is 30.0 Å². The smallest absolute Gasteiger partial charge is 0.210 e. The molecule has 10 nitrogen and oxygen atoms in total. The quantitative estimate of drug-likeness (QED) is 0.267. The Kier molecular flexibility index (Phi) is 4.86. The molecule has 0 aromatic heterocycles. The molecule has 2 fully saturated rings. The third-order valence-electron chi connectivity index (χ3n) is 5.25. The van der Waals surface area contributed by atoms with Crippen LogP contribution in [0, 0.1) is 5.92 Å². The zero-order valence-corrected chi connectivity index (χ0v) is 13.5. The van der Waals surface area contributed by atoms with Crippen LogP contribution in [0.4, 0.5) is 0 Å². The molecule has 3 aliphatic rings. The van der Waals surface area contributed by atoms with Crippen molar-refractivity contribution in [2.24, 2.45) is 5.92 Å². The highest BCUT2D eigenvalue weighted by molar-refractivity contribution is 5.21. The van der Waals surface area contributed by atoms with E-state index in [4.69, 9.17) is 14.2 Å². The van der Waals surface area contributed by atoms with E-state index in [0.29, 0.717) is 0 Å². The van der Waals surface area contributed by atoms with Crippen LogP contribution in [0.2, 0.25) is 0 Å². The maximum Gasteiger partial charge on any atom is 0.210 e. The molecule has 1 saturated carbocycles. The molecule has 2 heterocycles. The third-order valence-corrected chi connectivity index (χ3v) is 5.25. The van der Waals surface area contributed by atoms with Crippen LogP contribution in [-0.2, 0) is 14.2 Å². The Hall–Kier alpha value is -0.820. The van der Waals surface area contributed by atoms with Gasteiger partial charge >= 0.3 is 0 Å². The summed E-state index contributed by atoms with van der Waals surface area (Å²) >= 11 is 0. The summed E-state index contributed by atoms with van der Waals surface area (Å²) in [6, 6.07) is 0. The number of fused-ring (bicyclic) bond motifs is 1. The molecular formula is C15H24O10. The number of hydrogen-bond donors (Lipinski definition) is 7. The highest BCUT2D eigenvalue weighted by Gasteiger charge is 2.64. The second kappa shape index (κ2) is 6.41. The van der Waals surface area contributed by atoms with E-state index in [1.165, 1.54) is 13.0 Å². The van der Waals surface area contributed by atoms with Gasteiger partial charge in [0.15, 0.2) is 6.29 Å². The highest BCUT2D eigenvalue weighted by Crippen LogP contribution is 2.49. The zero-order chi connectivity index (χ0) is 18.6. The Labute approximate surface area is 143 Å². The molecule has 0 aromatic carbocycles. The van der Waals surface area contributed by atoms with Crippen LogP contribution in [0.3, 0.4) is 0 Å². The van der Waals surface area contributed by atoms with Crippen molar-refractivity contribution in [1.29, 1.82) is 0 Å². The average molecular weight is 364 g/mol. The highest BCUT2D eigenvalue weighted by atomic mass is 16.8. The average Bonchev–Trinajstić information content (AvgIpc) is 2.73. The van der Waals surface area contributed by atoms with Gasteiger partial charge in [-0.3, -0.25) is 0 Å². The van der Waals surface area contributed by atoms with Crippen LogP contribution < -0.4 is 0 Å². The SMILES string of the molecule is C[C@@]1(O)C[C@@H](O)[C@@]2(O)C=CO[C@H](O[C@H]3O[C@@H](CO)[C@H](O)[C@@H](O)[C@@H]3O)[C@H]21. The summed E-state index contributed by atoms with van der Waals surface area (Å²) in [5.74, 6) is -1.10. The summed E-state index contributed by atoms with van der Waals surface area (Å²) in [5, 5.41) is 70.2. The van der Waals surface area contributed by atoms with Crippen molar-refractivity contribution < 1.29 is 50.0 Å². The topological polar surface area (TPSA) is 169 Å². The number of rotatable bonds is 3. The van der Waals surface area contributed by atoms with Crippen LogP contribution in [0.1, 0.15) is 13.3 Å². The third kappa shape index (κ3) is 2.97. The molecule has 0 unspecified atom stereocenters. The minimum atomic E-state index is -1.81. The maximum atomic E-state index is 10.7. The van der Waals surface area contributed by atoms with Gasteiger partial charge in [-0.15, -0.1) is 0 Å². The van der Waals surface area contributed by atoms with E-state index < -0.39 is 66.8 Å². The number of hydrogen-bond acceptors (Lipinski definition) is 10. The van der Waals surface area contributed by atoms with Crippen molar-refractivity contribution in [1.82, 2.24) is 0 Å². The van der Waals surface area contributed by atoms with Gasteiger partial charge in [0, 0.05) is 6.42 Å². The lowest BCUT2D eigenvalue weighted by Crippen LogP contribution is -2.61. The molecule has 3 rings (SSSR count). The van der Waals surface area contributed by atoms with Crippen molar-refractivity contribution in [2.45, 2.75) is 67.6 Å². The summed E-state index contributed by atoms with van der Waals surface area (Å²) in [4.78, 5) is 0. The largest absolute Gasteiger partial charge is 0.472 e. The summed E-state index contributed by atoms with van der Waals surface area (Å²) in [6.07, 6.45) is -7.87. The molecule has 2 aliphatic heterocycles. The number of ether oxygens (including phenoxy) is 3. The van der Waals surface area contributed by atoms with E-state index in [1.807, 2.05) is 0 Å². The van der Waals surface area contributed by atoms with E-state index in [0.717, 1.165) is 6.26 Å². The maximum absolute atomic E-state index is 10.7. The molecule has 0 radical (unpaired) electrons. The minimum absolute atomic E-state index is 0.129. The van der Waals surface area contributed by atoms with Crippen LogP contribution in [0.5, 0.6) is 0 Å². The molecule has 0 amide bonds. The Morgan fingerprint density at radius 1 is 1.08 bits per heavy atom. The predicted molar refractivity (Wildman–Crippen MR) is 78.6 cm³/mol. The molecule has 0 spiro atoms. The van der Waals surface area contributed by atoms with Crippen LogP contribution in [0.25, 0.3) is 0 Å². The van der Waals surface area contributed by atoms with Crippen molar-refractivity contribution in [3.63, 3.8) is 0 Å². The molecule has 1 aliphatic carbocycles. The predicted octanol–water partition coefficient (Wildman–Crippen LogP) is -3.46. The van der Waals surface area contributed by atoms with Gasteiger partial charge in [-0.25, -0.2) is 0 Å². The summed E-state index contributed by atoms with van der Waals surface area (Å²) in [6.45, 7) is 0.783. The van der Waals surface area contributed by atoms with Gasteiger partial charge in [-0.1, -0.05) is 0 Å². The van der Waals surface area contributed by atoms with Crippen LogP contribution >= 0.6 is 0 Å². The lowest BCUT2D eigenvalue weighted by atomic mass is 9.81. The molecule has 7 N–H and O–H groups in total. The first kappa shape index (κ1) is 19.0. The zero-order valence-electron chi connectivity index (χ0n) is 13.5. The summed E-state index contributed by atoms with van der Waals surface area (Å²) in [5.41, 5.74) is -3.35. The Morgan fingerprint density at radius 3 is 2.40 bits per heavy atom. The standard InChI is InChI=1S/C15H24O10/c1-14(21)4-7(17)15(22)2-3-23-13(11(14)15)25-12-10(20)9(19)8(18)6(5-16)24-12/h2-3,6-13,16-22H,4-5H2,1H3/t6-,7+,8-,9+,10-,11-,12+,13+,14+,15-/m0/s1. The summed E-state index contributed by atoms with van der Waals surface area (Å²) in [7, 11) is 0.